The zero-order valence-electron chi connectivity index (χ0n) is 11.4. The van der Waals surface area contributed by atoms with Gasteiger partial charge in [0.1, 0.15) is 0 Å². The van der Waals surface area contributed by atoms with Crippen molar-refractivity contribution in [3.8, 4) is 0 Å². The number of carbonyl (C=O) groups is 2. The van der Waals surface area contributed by atoms with Gasteiger partial charge in [-0.15, -0.1) is 0 Å². The van der Waals surface area contributed by atoms with Crippen LogP contribution in [0.4, 0.5) is 0 Å². The summed E-state index contributed by atoms with van der Waals surface area (Å²) >= 11 is 0. The molecule has 0 fully saturated rings. The first kappa shape index (κ1) is 16.7. The van der Waals surface area contributed by atoms with Crippen molar-refractivity contribution in [1.82, 2.24) is 0 Å². The Balaban J connectivity index is 3.26. The predicted molar refractivity (Wildman–Crippen MR) is 70.1 cm³/mol. The SMILES string of the molecule is CCOC(=O)C=CCCCCCCCC(=O)OC. The lowest BCUT2D eigenvalue weighted by molar-refractivity contribution is -0.140. The fraction of sp³-hybridized carbons (Fsp3) is 0.714. The van der Waals surface area contributed by atoms with Crippen LogP contribution in [0.2, 0.25) is 0 Å². The van der Waals surface area contributed by atoms with Crippen LogP contribution in [0.1, 0.15) is 51.9 Å². The van der Waals surface area contributed by atoms with Crippen LogP contribution < -0.4 is 0 Å². The summed E-state index contributed by atoms with van der Waals surface area (Å²) in [4.78, 5) is 21.8. The Morgan fingerprint density at radius 2 is 1.72 bits per heavy atom. The third-order valence-corrected chi connectivity index (χ3v) is 2.52. The van der Waals surface area contributed by atoms with Crippen molar-refractivity contribution in [2.24, 2.45) is 0 Å². The van der Waals surface area contributed by atoms with Crippen LogP contribution in [-0.2, 0) is 19.1 Å². The molecular weight excluding hydrogens is 232 g/mol. The number of allylic oxidation sites excluding steroid dienone is 1. The second-order valence-corrected chi connectivity index (χ2v) is 4.04. The molecule has 0 amide bonds. The first-order valence-corrected chi connectivity index (χ1v) is 6.60. The van der Waals surface area contributed by atoms with Crippen LogP contribution in [0, 0.1) is 0 Å². The summed E-state index contributed by atoms with van der Waals surface area (Å²) in [5.74, 6) is -0.400. The molecule has 0 aromatic rings. The Bertz CT molecular complexity index is 259. The average molecular weight is 256 g/mol. The molecule has 0 unspecified atom stereocenters. The topological polar surface area (TPSA) is 52.6 Å². The standard InChI is InChI=1S/C14H24O4/c1-3-18-14(16)12-10-8-6-4-5-7-9-11-13(15)17-2/h10,12H,3-9,11H2,1-2H3. The van der Waals surface area contributed by atoms with Gasteiger partial charge in [0.25, 0.3) is 0 Å². The maximum absolute atomic E-state index is 11.0. The monoisotopic (exact) mass is 256 g/mol. The van der Waals surface area contributed by atoms with Crippen molar-refractivity contribution in [1.29, 1.82) is 0 Å². The van der Waals surface area contributed by atoms with Crippen molar-refractivity contribution in [2.75, 3.05) is 13.7 Å². The number of ether oxygens (including phenoxy) is 2. The van der Waals surface area contributed by atoms with E-state index in [4.69, 9.17) is 4.74 Å². The third kappa shape index (κ3) is 11.2. The molecule has 0 aliphatic heterocycles. The Morgan fingerprint density at radius 1 is 1.06 bits per heavy atom. The molecule has 0 aliphatic rings. The van der Waals surface area contributed by atoms with E-state index in [-0.39, 0.29) is 11.9 Å². The van der Waals surface area contributed by atoms with Gasteiger partial charge in [-0.3, -0.25) is 4.79 Å². The smallest absolute Gasteiger partial charge is 0.330 e. The highest BCUT2D eigenvalue weighted by Crippen LogP contribution is 2.08. The van der Waals surface area contributed by atoms with Gasteiger partial charge in [0.2, 0.25) is 0 Å². The van der Waals surface area contributed by atoms with E-state index >= 15 is 0 Å². The molecule has 0 atom stereocenters. The largest absolute Gasteiger partial charge is 0.469 e. The van der Waals surface area contributed by atoms with E-state index < -0.39 is 0 Å². The summed E-state index contributed by atoms with van der Waals surface area (Å²) in [6.45, 7) is 2.21. The molecule has 104 valence electrons. The van der Waals surface area contributed by atoms with Crippen molar-refractivity contribution >= 4 is 11.9 Å². The van der Waals surface area contributed by atoms with Gasteiger partial charge >= 0.3 is 11.9 Å². The van der Waals surface area contributed by atoms with E-state index in [1.165, 1.54) is 13.2 Å². The van der Waals surface area contributed by atoms with E-state index in [2.05, 4.69) is 4.74 Å². The second kappa shape index (κ2) is 12.1. The quantitative estimate of drug-likeness (QED) is 0.342. The van der Waals surface area contributed by atoms with Crippen LogP contribution in [-0.4, -0.2) is 25.7 Å². The highest BCUT2D eigenvalue weighted by atomic mass is 16.5. The van der Waals surface area contributed by atoms with Crippen LogP contribution in [0.15, 0.2) is 12.2 Å². The van der Waals surface area contributed by atoms with Crippen LogP contribution >= 0.6 is 0 Å². The minimum Gasteiger partial charge on any atom is -0.469 e. The molecule has 0 N–H and O–H groups in total. The molecule has 0 aromatic carbocycles. The summed E-state index contributed by atoms with van der Waals surface area (Å²) in [7, 11) is 1.41. The molecule has 0 bridgehead atoms. The molecule has 0 aliphatic carbocycles. The van der Waals surface area contributed by atoms with Crippen LogP contribution in [0.5, 0.6) is 0 Å². The summed E-state index contributed by atoms with van der Waals surface area (Å²) < 4.78 is 9.33. The summed E-state index contributed by atoms with van der Waals surface area (Å²) in [5.41, 5.74) is 0. The normalized spacial score (nSPS) is 10.6. The minimum absolute atomic E-state index is 0.132. The number of unbranched alkanes of at least 4 members (excludes halogenated alkanes) is 5. The number of carbonyl (C=O) groups excluding carboxylic acids is 2. The number of methoxy groups -OCH3 is 1. The van der Waals surface area contributed by atoms with Gasteiger partial charge in [-0.05, 0) is 26.2 Å². The molecule has 0 heterocycles. The van der Waals surface area contributed by atoms with Crippen molar-refractivity contribution in [3.05, 3.63) is 12.2 Å². The molecule has 0 rings (SSSR count). The van der Waals surface area contributed by atoms with E-state index in [1.807, 2.05) is 6.08 Å². The molecule has 0 saturated carbocycles. The van der Waals surface area contributed by atoms with Crippen LogP contribution in [0.3, 0.4) is 0 Å². The highest BCUT2D eigenvalue weighted by Gasteiger charge is 1.98. The van der Waals surface area contributed by atoms with E-state index in [0.717, 1.165) is 38.5 Å². The number of hydrogen-bond donors (Lipinski definition) is 0. The Kier molecular flexibility index (Phi) is 11.3. The molecular formula is C14H24O4. The van der Waals surface area contributed by atoms with Crippen LogP contribution in [0.25, 0.3) is 0 Å². The van der Waals surface area contributed by atoms with Crippen molar-refractivity contribution in [3.63, 3.8) is 0 Å². The van der Waals surface area contributed by atoms with E-state index in [9.17, 15) is 9.59 Å². The lowest BCUT2D eigenvalue weighted by Crippen LogP contribution is -1.99. The van der Waals surface area contributed by atoms with Gasteiger partial charge in [0.15, 0.2) is 0 Å². The van der Waals surface area contributed by atoms with Crippen molar-refractivity contribution in [2.45, 2.75) is 51.9 Å². The molecule has 0 spiro atoms. The van der Waals surface area contributed by atoms with Gasteiger partial charge in [0, 0.05) is 12.5 Å². The maximum Gasteiger partial charge on any atom is 0.330 e. The molecule has 4 nitrogen and oxygen atoms in total. The van der Waals surface area contributed by atoms with Crippen molar-refractivity contribution < 1.29 is 19.1 Å². The third-order valence-electron chi connectivity index (χ3n) is 2.52. The number of esters is 2. The summed E-state index contributed by atoms with van der Waals surface area (Å²) in [6.07, 6.45) is 10.00. The van der Waals surface area contributed by atoms with Gasteiger partial charge in [-0.25, -0.2) is 4.79 Å². The van der Waals surface area contributed by atoms with E-state index in [0.29, 0.717) is 13.0 Å². The zero-order valence-corrected chi connectivity index (χ0v) is 11.4. The lowest BCUT2D eigenvalue weighted by atomic mass is 10.1. The number of rotatable bonds is 10. The molecule has 4 heteroatoms. The first-order valence-electron chi connectivity index (χ1n) is 6.60. The van der Waals surface area contributed by atoms with Gasteiger partial charge < -0.3 is 9.47 Å². The summed E-state index contributed by atoms with van der Waals surface area (Å²) in [5, 5.41) is 0. The van der Waals surface area contributed by atoms with Gasteiger partial charge in [-0.2, -0.15) is 0 Å². The maximum atomic E-state index is 11.0. The molecule has 0 saturated heterocycles. The summed E-state index contributed by atoms with van der Waals surface area (Å²) in [6, 6.07) is 0. The lowest BCUT2D eigenvalue weighted by Gasteiger charge is -2.00. The molecule has 0 radical (unpaired) electrons. The van der Waals surface area contributed by atoms with E-state index in [1.54, 1.807) is 6.92 Å². The number of hydrogen-bond acceptors (Lipinski definition) is 4. The Labute approximate surface area is 109 Å². The second-order valence-electron chi connectivity index (χ2n) is 4.04. The van der Waals surface area contributed by atoms with Gasteiger partial charge in [0.05, 0.1) is 13.7 Å². The fourth-order valence-corrected chi connectivity index (χ4v) is 1.53. The zero-order chi connectivity index (χ0) is 13.6. The van der Waals surface area contributed by atoms with Gasteiger partial charge in [-0.1, -0.05) is 25.3 Å². The Hall–Kier alpha value is -1.32. The molecule has 18 heavy (non-hydrogen) atoms. The Morgan fingerprint density at radius 3 is 2.39 bits per heavy atom. The minimum atomic E-state index is -0.268. The fourth-order valence-electron chi connectivity index (χ4n) is 1.53. The molecule has 0 aromatic heterocycles. The first-order chi connectivity index (χ1) is 8.70. The predicted octanol–water partition coefficient (Wildman–Crippen LogP) is 3.01. The highest BCUT2D eigenvalue weighted by molar-refractivity contribution is 5.81. The average Bonchev–Trinajstić information content (AvgIpc) is 2.36.